The highest BCUT2D eigenvalue weighted by Crippen LogP contribution is 2.31. The van der Waals surface area contributed by atoms with Gasteiger partial charge in [-0.2, -0.15) is 5.10 Å². The van der Waals surface area contributed by atoms with E-state index in [9.17, 15) is 4.79 Å². The van der Waals surface area contributed by atoms with Crippen molar-refractivity contribution < 1.29 is 9.53 Å². The van der Waals surface area contributed by atoms with Gasteiger partial charge in [-0.15, -0.1) is 0 Å². The van der Waals surface area contributed by atoms with Crippen LogP contribution < -0.4 is 0 Å². The monoisotopic (exact) mass is 279 g/mol. The van der Waals surface area contributed by atoms with Gasteiger partial charge in [-0.25, -0.2) is 4.98 Å². The summed E-state index contributed by atoms with van der Waals surface area (Å²) in [4.78, 5) is 16.7. The van der Waals surface area contributed by atoms with E-state index in [0.717, 1.165) is 11.6 Å². The Labute approximate surface area is 120 Å². The number of carbonyl (C=O) groups is 1. The van der Waals surface area contributed by atoms with Gasteiger partial charge >= 0.3 is 5.97 Å². The third kappa shape index (κ3) is 3.19. The molecule has 0 N–H and O–H groups in total. The molecule has 1 heterocycles. The van der Waals surface area contributed by atoms with Crippen LogP contribution in [-0.4, -0.2) is 27.3 Å². The molecule has 1 fully saturated rings. The number of nitrogens with zero attached hydrogens (tertiary/aromatic N) is 3. The molecule has 0 spiro atoms. The van der Waals surface area contributed by atoms with Crippen LogP contribution in [0, 0.1) is 0 Å². The molecule has 1 aromatic rings. The van der Waals surface area contributed by atoms with Crippen LogP contribution in [0.4, 0.5) is 0 Å². The van der Waals surface area contributed by atoms with Gasteiger partial charge in [0.1, 0.15) is 11.7 Å². The number of esters is 1. The Morgan fingerprint density at radius 1 is 1.35 bits per heavy atom. The first-order chi connectivity index (χ1) is 9.67. The van der Waals surface area contributed by atoms with Crippen molar-refractivity contribution in [2.24, 2.45) is 7.05 Å². The van der Waals surface area contributed by atoms with Gasteiger partial charge in [0.25, 0.3) is 0 Å². The van der Waals surface area contributed by atoms with Gasteiger partial charge in [-0.05, 0) is 26.2 Å². The molecule has 5 heteroatoms. The number of aryl methyl sites for hydroxylation is 1. The van der Waals surface area contributed by atoms with E-state index in [1.807, 2.05) is 20.9 Å². The molecule has 5 nitrogen and oxygen atoms in total. The molecule has 112 valence electrons. The average molecular weight is 279 g/mol. The predicted octanol–water partition coefficient (Wildman–Crippen LogP) is 2.92. The number of rotatable bonds is 5. The zero-order chi connectivity index (χ0) is 14.5. The van der Waals surface area contributed by atoms with E-state index in [0.29, 0.717) is 18.9 Å². The van der Waals surface area contributed by atoms with Gasteiger partial charge in [0.15, 0.2) is 5.82 Å². The summed E-state index contributed by atoms with van der Waals surface area (Å²) in [5, 5.41) is 4.54. The predicted molar refractivity (Wildman–Crippen MR) is 76.5 cm³/mol. The lowest BCUT2D eigenvalue weighted by Gasteiger charge is -2.18. The molecule has 20 heavy (non-hydrogen) atoms. The molecule has 0 saturated heterocycles. The minimum Gasteiger partial charge on any atom is -0.465 e. The fourth-order valence-electron chi connectivity index (χ4n) is 2.95. The van der Waals surface area contributed by atoms with E-state index in [-0.39, 0.29) is 11.9 Å². The third-order valence-electron chi connectivity index (χ3n) is 4.07. The largest absolute Gasteiger partial charge is 0.465 e. The third-order valence-corrected chi connectivity index (χ3v) is 4.07. The maximum Gasteiger partial charge on any atom is 0.316 e. The van der Waals surface area contributed by atoms with Gasteiger partial charge in [-0.1, -0.05) is 26.2 Å². The van der Waals surface area contributed by atoms with Gasteiger partial charge in [0, 0.05) is 13.0 Å². The van der Waals surface area contributed by atoms with Gasteiger partial charge < -0.3 is 4.74 Å². The molecule has 1 aliphatic rings. The number of carbonyl (C=O) groups excluding carboxylic acids is 1. The van der Waals surface area contributed by atoms with E-state index >= 15 is 0 Å². The maximum absolute atomic E-state index is 12.0. The van der Waals surface area contributed by atoms with E-state index in [2.05, 4.69) is 10.1 Å². The van der Waals surface area contributed by atoms with Gasteiger partial charge in [0.05, 0.1) is 6.61 Å². The molecule has 0 aromatic carbocycles. The zero-order valence-electron chi connectivity index (χ0n) is 12.8. The molecule has 2 rings (SSSR count). The van der Waals surface area contributed by atoms with Crippen molar-refractivity contribution in [1.29, 1.82) is 0 Å². The van der Waals surface area contributed by atoms with E-state index in [1.165, 1.54) is 32.1 Å². The van der Waals surface area contributed by atoms with Crippen molar-refractivity contribution in [3.05, 3.63) is 11.6 Å². The highest BCUT2D eigenvalue weighted by molar-refractivity contribution is 5.77. The molecule has 1 aromatic heterocycles. The normalized spacial score (nSPS) is 17.9. The van der Waals surface area contributed by atoms with Crippen LogP contribution in [0.2, 0.25) is 0 Å². The molecule has 1 unspecified atom stereocenters. The Bertz CT molecular complexity index is 450. The second kappa shape index (κ2) is 6.86. The molecule has 1 aliphatic carbocycles. The summed E-state index contributed by atoms with van der Waals surface area (Å²) in [7, 11) is 1.87. The summed E-state index contributed by atoms with van der Waals surface area (Å²) >= 11 is 0. The Morgan fingerprint density at radius 3 is 2.65 bits per heavy atom. The van der Waals surface area contributed by atoms with Crippen molar-refractivity contribution in [3.63, 3.8) is 0 Å². The Hall–Kier alpha value is -1.39. The smallest absolute Gasteiger partial charge is 0.316 e. The van der Waals surface area contributed by atoms with Crippen molar-refractivity contribution >= 4 is 5.97 Å². The number of aromatic nitrogens is 3. The Morgan fingerprint density at radius 2 is 2.05 bits per heavy atom. The average Bonchev–Trinajstić information content (AvgIpc) is 2.83. The molecular weight excluding hydrogens is 254 g/mol. The van der Waals surface area contributed by atoms with Gasteiger partial charge in [0.2, 0.25) is 0 Å². The Balaban J connectivity index is 2.18. The quantitative estimate of drug-likeness (QED) is 0.778. The lowest BCUT2D eigenvalue weighted by Crippen LogP contribution is -2.19. The first-order valence-corrected chi connectivity index (χ1v) is 7.74. The van der Waals surface area contributed by atoms with Crippen molar-refractivity contribution in [2.45, 2.75) is 64.2 Å². The van der Waals surface area contributed by atoms with Crippen LogP contribution in [0.1, 0.15) is 75.9 Å². The lowest BCUT2D eigenvalue weighted by atomic mass is 9.89. The topological polar surface area (TPSA) is 57.0 Å². The van der Waals surface area contributed by atoms with Crippen LogP contribution in [-0.2, 0) is 16.6 Å². The van der Waals surface area contributed by atoms with E-state index in [4.69, 9.17) is 4.74 Å². The van der Waals surface area contributed by atoms with Crippen LogP contribution in [0.5, 0.6) is 0 Å². The highest BCUT2D eigenvalue weighted by Gasteiger charge is 2.28. The molecule has 0 bridgehead atoms. The molecule has 0 radical (unpaired) electrons. The van der Waals surface area contributed by atoms with E-state index < -0.39 is 0 Å². The summed E-state index contributed by atoms with van der Waals surface area (Å²) in [6, 6.07) is 0. The second-order valence-electron chi connectivity index (χ2n) is 5.50. The van der Waals surface area contributed by atoms with Crippen molar-refractivity contribution in [3.8, 4) is 0 Å². The van der Waals surface area contributed by atoms with Crippen LogP contribution in [0.3, 0.4) is 0 Å². The number of ether oxygens (including phenoxy) is 1. The first-order valence-electron chi connectivity index (χ1n) is 7.74. The summed E-state index contributed by atoms with van der Waals surface area (Å²) in [5.41, 5.74) is 0. The summed E-state index contributed by atoms with van der Waals surface area (Å²) in [6.07, 6.45) is 6.85. The van der Waals surface area contributed by atoms with Crippen LogP contribution >= 0.6 is 0 Å². The van der Waals surface area contributed by atoms with Crippen LogP contribution in [0.15, 0.2) is 0 Å². The number of hydrogen-bond acceptors (Lipinski definition) is 4. The standard InChI is InChI=1S/C15H25N3O2/c1-4-12(15(19)20-5-2)14-16-13(17-18(14)3)11-9-7-6-8-10-11/h11-12H,4-10H2,1-3H3. The Kier molecular flexibility index (Phi) is 5.15. The minimum atomic E-state index is -0.301. The molecular formula is C15H25N3O2. The minimum absolute atomic E-state index is 0.194. The SMILES string of the molecule is CCOC(=O)C(CC)c1nc(C2CCCCC2)nn1C. The van der Waals surface area contributed by atoms with E-state index in [1.54, 1.807) is 4.68 Å². The maximum atomic E-state index is 12.0. The lowest BCUT2D eigenvalue weighted by molar-refractivity contribution is -0.145. The summed E-state index contributed by atoms with van der Waals surface area (Å²) in [6.45, 7) is 4.22. The van der Waals surface area contributed by atoms with Gasteiger partial charge in [-0.3, -0.25) is 9.48 Å². The molecule has 1 saturated carbocycles. The second-order valence-corrected chi connectivity index (χ2v) is 5.50. The zero-order valence-corrected chi connectivity index (χ0v) is 12.8. The first kappa shape index (κ1) is 15.0. The molecule has 0 amide bonds. The van der Waals surface area contributed by atoms with Crippen LogP contribution in [0.25, 0.3) is 0 Å². The fourth-order valence-corrected chi connectivity index (χ4v) is 2.95. The summed E-state index contributed by atoms with van der Waals surface area (Å²) < 4.78 is 6.90. The highest BCUT2D eigenvalue weighted by atomic mass is 16.5. The molecule has 1 atom stereocenters. The number of hydrogen-bond donors (Lipinski definition) is 0. The van der Waals surface area contributed by atoms with Crippen molar-refractivity contribution in [2.75, 3.05) is 6.61 Å². The fraction of sp³-hybridized carbons (Fsp3) is 0.800. The summed E-state index contributed by atoms with van der Waals surface area (Å²) in [5.74, 6) is 1.62. The molecule has 0 aliphatic heterocycles. The van der Waals surface area contributed by atoms with Crippen molar-refractivity contribution in [1.82, 2.24) is 14.8 Å².